The van der Waals surface area contributed by atoms with Crippen molar-refractivity contribution < 1.29 is 4.74 Å². The number of hydrogen-bond acceptors (Lipinski definition) is 5. The Morgan fingerprint density at radius 3 is 1.89 bits per heavy atom. The van der Waals surface area contributed by atoms with E-state index >= 15 is 0 Å². The predicted octanol–water partition coefficient (Wildman–Crippen LogP) is 11.9. The molecule has 0 fully saturated rings. The highest BCUT2D eigenvalue weighted by Gasteiger charge is 2.43. The fourth-order valence-electron chi connectivity index (χ4n) is 8.42. The predicted molar refractivity (Wildman–Crippen MR) is 229 cm³/mol. The van der Waals surface area contributed by atoms with Crippen LogP contribution in [0.25, 0.3) is 78.5 Å². The number of rotatable bonds is 6. The maximum atomic E-state index is 6.45. The van der Waals surface area contributed by atoms with Gasteiger partial charge in [0.2, 0.25) is 0 Å². The number of benzene rings is 6. The highest BCUT2D eigenvalue weighted by molar-refractivity contribution is 6.12. The molecule has 3 aromatic heterocycles. The topological polar surface area (TPSA) is 65.7 Å². The van der Waals surface area contributed by atoms with E-state index in [2.05, 4.69) is 133 Å². The van der Waals surface area contributed by atoms with Gasteiger partial charge in [0, 0.05) is 44.8 Å². The van der Waals surface area contributed by atoms with Gasteiger partial charge in [0.15, 0.2) is 17.5 Å². The van der Waals surface area contributed by atoms with E-state index in [1.807, 2.05) is 66.7 Å². The number of allylic oxidation sites excluding steroid dienone is 2. The van der Waals surface area contributed by atoms with Gasteiger partial charge in [-0.25, -0.2) is 19.9 Å². The molecule has 0 spiro atoms. The number of fused-ring (bicyclic) bond motifs is 6. The molecule has 0 saturated heterocycles. The molecule has 6 aromatic carbocycles. The average molecular weight is 734 g/mol. The Kier molecular flexibility index (Phi) is 7.57. The Bertz CT molecular complexity index is 3000. The molecule has 6 heteroatoms. The summed E-state index contributed by atoms with van der Waals surface area (Å²) in [6.45, 7) is 2.16. The van der Waals surface area contributed by atoms with Crippen molar-refractivity contribution in [1.29, 1.82) is 0 Å². The number of pyridine rings is 1. The molecule has 1 aliphatic carbocycles. The summed E-state index contributed by atoms with van der Waals surface area (Å²) >= 11 is 0. The molecule has 0 amide bonds. The van der Waals surface area contributed by atoms with Gasteiger partial charge in [0.25, 0.3) is 0 Å². The first-order chi connectivity index (χ1) is 28.1. The molecule has 9 aromatic rings. The molecule has 0 bridgehead atoms. The lowest BCUT2D eigenvalue weighted by atomic mass is 9.80. The number of aromatic nitrogens is 5. The molecular weight excluding hydrogens is 699 g/mol. The zero-order valence-corrected chi connectivity index (χ0v) is 31.1. The third-order valence-corrected chi connectivity index (χ3v) is 11.2. The third kappa shape index (κ3) is 5.56. The quantitative estimate of drug-likeness (QED) is 0.170. The molecule has 0 radical (unpaired) electrons. The highest BCUT2D eigenvalue weighted by atomic mass is 16.5. The van der Waals surface area contributed by atoms with Gasteiger partial charge in [-0.1, -0.05) is 152 Å². The number of hydrogen-bond donors (Lipinski definition) is 0. The van der Waals surface area contributed by atoms with E-state index in [0.29, 0.717) is 17.5 Å². The van der Waals surface area contributed by atoms with Gasteiger partial charge < -0.3 is 9.30 Å². The van der Waals surface area contributed by atoms with Gasteiger partial charge in [0.05, 0.1) is 22.2 Å². The van der Waals surface area contributed by atoms with Crippen molar-refractivity contribution in [3.05, 3.63) is 199 Å². The summed E-state index contributed by atoms with van der Waals surface area (Å²) in [5.74, 6) is 2.90. The minimum Gasteiger partial charge on any atom is -0.482 e. The standard InChI is InChI=1S/C51H35N5O/c1-51-30-29-36(32-42(51)40-23-11-12-26-45(40)57-51)43-27-28-44-46(52-43)41-25-14-24-39(33-15-5-2-6-16-33)47(41)56(44)38-22-13-21-37(31-38)50-54-48(34-17-7-3-8-18-34)53-49(55-50)35-19-9-4-10-20-35/h2-32,42H,1H3. The van der Waals surface area contributed by atoms with E-state index in [0.717, 1.165) is 72.5 Å². The lowest BCUT2D eigenvalue weighted by molar-refractivity contribution is 0.155. The Morgan fingerprint density at radius 1 is 0.561 bits per heavy atom. The van der Waals surface area contributed by atoms with Gasteiger partial charge in [-0.3, -0.25) is 0 Å². The summed E-state index contributed by atoms with van der Waals surface area (Å²) in [6, 6.07) is 58.5. The number of ether oxygens (including phenoxy) is 1. The average Bonchev–Trinajstić information content (AvgIpc) is 3.78. The Balaban J connectivity index is 1.10. The fourth-order valence-corrected chi connectivity index (χ4v) is 8.42. The van der Waals surface area contributed by atoms with Crippen LogP contribution >= 0.6 is 0 Å². The molecule has 270 valence electrons. The lowest BCUT2D eigenvalue weighted by Gasteiger charge is -2.29. The second-order valence-corrected chi connectivity index (χ2v) is 14.8. The van der Waals surface area contributed by atoms with Crippen molar-refractivity contribution in [1.82, 2.24) is 24.5 Å². The van der Waals surface area contributed by atoms with E-state index in [4.69, 9.17) is 24.7 Å². The SMILES string of the molecule is CC12C=CC(c3ccc4c(n3)c3cccc(-c5ccccc5)c3n4-c3cccc(-c4nc(-c5ccccc5)nc(-c5ccccc5)n4)c3)=CC1c1ccccc1O2. The molecular formula is C51H35N5O. The molecule has 2 aliphatic rings. The second-order valence-electron chi connectivity index (χ2n) is 14.8. The van der Waals surface area contributed by atoms with Crippen LogP contribution in [-0.2, 0) is 0 Å². The maximum Gasteiger partial charge on any atom is 0.164 e. The number of para-hydroxylation sites is 2. The van der Waals surface area contributed by atoms with Gasteiger partial charge in [-0.2, -0.15) is 0 Å². The van der Waals surface area contributed by atoms with Gasteiger partial charge >= 0.3 is 0 Å². The minimum atomic E-state index is -0.425. The first kappa shape index (κ1) is 32.9. The van der Waals surface area contributed by atoms with E-state index in [1.165, 1.54) is 5.56 Å². The number of nitrogens with zero attached hydrogens (tertiary/aromatic N) is 5. The molecule has 2 unspecified atom stereocenters. The fraction of sp³-hybridized carbons (Fsp3) is 0.0588. The molecule has 57 heavy (non-hydrogen) atoms. The molecule has 2 atom stereocenters. The summed E-state index contributed by atoms with van der Waals surface area (Å²) in [7, 11) is 0. The first-order valence-electron chi connectivity index (χ1n) is 19.3. The molecule has 0 saturated carbocycles. The Morgan fingerprint density at radius 2 is 1.18 bits per heavy atom. The first-order valence-corrected chi connectivity index (χ1v) is 19.3. The van der Waals surface area contributed by atoms with Crippen molar-refractivity contribution in [2.75, 3.05) is 0 Å². The smallest absolute Gasteiger partial charge is 0.164 e. The summed E-state index contributed by atoms with van der Waals surface area (Å²) in [5.41, 5.74) is 11.8. The van der Waals surface area contributed by atoms with Crippen LogP contribution in [0, 0.1) is 0 Å². The normalized spacial score (nSPS) is 16.9. The molecule has 6 nitrogen and oxygen atoms in total. The van der Waals surface area contributed by atoms with Gasteiger partial charge in [0.1, 0.15) is 11.4 Å². The lowest BCUT2D eigenvalue weighted by Crippen LogP contribution is -2.32. The van der Waals surface area contributed by atoms with Crippen LogP contribution in [0.1, 0.15) is 24.1 Å². The second kappa shape index (κ2) is 13.1. The zero-order chi connectivity index (χ0) is 37.9. The van der Waals surface area contributed by atoms with Crippen LogP contribution in [-0.4, -0.2) is 30.1 Å². The van der Waals surface area contributed by atoms with Crippen LogP contribution in [0.15, 0.2) is 188 Å². The monoisotopic (exact) mass is 733 g/mol. The van der Waals surface area contributed by atoms with Crippen molar-refractivity contribution in [2.45, 2.75) is 18.4 Å². The van der Waals surface area contributed by atoms with E-state index in [1.54, 1.807) is 0 Å². The summed E-state index contributed by atoms with van der Waals surface area (Å²) in [6.07, 6.45) is 6.67. The third-order valence-electron chi connectivity index (χ3n) is 11.2. The highest BCUT2D eigenvalue weighted by Crippen LogP contribution is 2.49. The van der Waals surface area contributed by atoms with Crippen molar-refractivity contribution in [2.24, 2.45) is 0 Å². The van der Waals surface area contributed by atoms with Crippen LogP contribution in [0.4, 0.5) is 0 Å². The maximum absolute atomic E-state index is 6.45. The van der Waals surface area contributed by atoms with E-state index < -0.39 is 5.60 Å². The zero-order valence-electron chi connectivity index (χ0n) is 31.1. The summed E-state index contributed by atoms with van der Waals surface area (Å²) < 4.78 is 8.79. The van der Waals surface area contributed by atoms with Crippen LogP contribution in [0.5, 0.6) is 5.75 Å². The van der Waals surface area contributed by atoms with Crippen LogP contribution in [0.2, 0.25) is 0 Å². The molecule has 4 heterocycles. The molecule has 0 N–H and O–H groups in total. The minimum absolute atomic E-state index is 0.0974. The van der Waals surface area contributed by atoms with Gasteiger partial charge in [-0.05, 0) is 54.5 Å². The largest absolute Gasteiger partial charge is 0.482 e. The van der Waals surface area contributed by atoms with Crippen molar-refractivity contribution in [3.8, 4) is 56.7 Å². The molecule has 1 aliphatic heterocycles. The summed E-state index contributed by atoms with van der Waals surface area (Å²) in [4.78, 5) is 20.5. The van der Waals surface area contributed by atoms with Crippen molar-refractivity contribution in [3.63, 3.8) is 0 Å². The Labute approximate surface area is 330 Å². The van der Waals surface area contributed by atoms with Gasteiger partial charge in [-0.15, -0.1) is 0 Å². The Hall–Kier alpha value is -7.44. The van der Waals surface area contributed by atoms with E-state index in [9.17, 15) is 0 Å². The van der Waals surface area contributed by atoms with Crippen LogP contribution in [0.3, 0.4) is 0 Å². The van der Waals surface area contributed by atoms with E-state index in [-0.39, 0.29) is 5.92 Å². The van der Waals surface area contributed by atoms with Crippen LogP contribution < -0.4 is 4.74 Å². The van der Waals surface area contributed by atoms with Crippen molar-refractivity contribution >= 4 is 27.5 Å². The molecule has 11 rings (SSSR count). The summed E-state index contributed by atoms with van der Waals surface area (Å²) in [5, 5.41) is 1.08.